The third kappa shape index (κ3) is 8.06. The molecule has 198 valence electrons. The molecule has 0 aliphatic carbocycles. The third-order valence-corrected chi connectivity index (χ3v) is 6.70. The maximum Gasteiger partial charge on any atom is 0.230 e. The predicted octanol–water partition coefficient (Wildman–Crippen LogP) is 3.58. The van der Waals surface area contributed by atoms with Gasteiger partial charge in [-0.2, -0.15) is 0 Å². The second-order valence-corrected chi connectivity index (χ2v) is 10.1. The number of halogens is 1. The van der Waals surface area contributed by atoms with Crippen molar-refractivity contribution in [2.75, 3.05) is 23.7 Å². The number of amidine groups is 1. The summed E-state index contributed by atoms with van der Waals surface area (Å²) < 4.78 is 5.84. The van der Waals surface area contributed by atoms with Crippen molar-refractivity contribution in [3.63, 3.8) is 0 Å². The van der Waals surface area contributed by atoms with E-state index in [2.05, 4.69) is 57.5 Å². The van der Waals surface area contributed by atoms with Crippen molar-refractivity contribution in [1.29, 1.82) is 0 Å². The first-order valence-electron chi connectivity index (χ1n) is 11.7. The number of nitrogens with one attached hydrogen (secondary N) is 3. The molecule has 0 saturated heterocycles. The minimum Gasteiger partial charge on any atom is -0.508 e. The molecule has 0 spiro atoms. The van der Waals surface area contributed by atoms with E-state index in [1.54, 1.807) is 12.1 Å². The zero-order valence-corrected chi connectivity index (χ0v) is 22.5. The molecule has 2 heterocycles. The fourth-order valence-electron chi connectivity index (χ4n) is 3.39. The topological polar surface area (TPSA) is 171 Å². The molecule has 0 unspecified atom stereocenters. The van der Waals surface area contributed by atoms with Crippen molar-refractivity contribution in [2.45, 2.75) is 25.7 Å². The number of aromatic nitrogens is 4. The lowest BCUT2D eigenvalue weighted by atomic mass is 10.1. The Morgan fingerprint density at radius 2 is 1.79 bits per heavy atom. The Kier molecular flexibility index (Phi) is 9.72. The first-order chi connectivity index (χ1) is 18.5. The zero-order valence-electron chi connectivity index (χ0n) is 20.1. The van der Waals surface area contributed by atoms with E-state index >= 15 is 0 Å². The summed E-state index contributed by atoms with van der Waals surface area (Å²) in [5, 5.41) is 41.8. The molecule has 4 aromatic rings. The summed E-state index contributed by atoms with van der Waals surface area (Å²) in [5.41, 5.74) is 4.24. The van der Waals surface area contributed by atoms with Crippen LogP contribution in [0.1, 0.15) is 28.2 Å². The molecule has 0 aliphatic heterocycles. The molecular formula is C24H25BrN8O4S. The number of carbonyl (C=O) groups excluding carboxylic acids is 1. The van der Waals surface area contributed by atoms with Gasteiger partial charge in [0.15, 0.2) is 11.5 Å². The van der Waals surface area contributed by atoms with Crippen LogP contribution in [0, 0.1) is 0 Å². The molecule has 2 aromatic carbocycles. The van der Waals surface area contributed by atoms with Crippen LogP contribution in [-0.2, 0) is 24.1 Å². The zero-order chi connectivity index (χ0) is 26.7. The van der Waals surface area contributed by atoms with Gasteiger partial charge in [-0.25, -0.2) is 4.63 Å². The van der Waals surface area contributed by atoms with E-state index in [-0.39, 0.29) is 29.6 Å². The number of phenols is 1. The van der Waals surface area contributed by atoms with Crippen molar-refractivity contribution < 1.29 is 19.7 Å². The lowest BCUT2D eigenvalue weighted by Crippen LogP contribution is -2.23. The lowest BCUT2D eigenvalue weighted by Gasteiger charge is -2.05. The first-order valence-corrected chi connectivity index (χ1v) is 13.3. The largest absolute Gasteiger partial charge is 0.508 e. The number of aromatic hydroxyl groups is 1. The number of amides is 1. The Bertz CT molecular complexity index is 1360. The van der Waals surface area contributed by atoms with Crippen molar-refractivity contribution in [2.24, 2.45) is 4.99 Å². The summed E-state index contributed by atoms with van der Waals surface area (Å²) in [6.45, 7) is 0.961. The van der Waals surface area contributed by atoms with Crippen LogP contribution in [-0.4, -0.2) is 55.7 Å². The molecule has 0 radical (unpaired) electrons. The number of phenolic OH excluding ortho intramolecular Hbond substituents is 1. The summed E-state index contributed by atoms with van der Waals surface area (Å²) in [5.74, 6) is 0.452. The van der Waals surface area contributed by atoms with Gasteiger partial charge in [0.25, 0.3) is 0 Å². The average Bonchev–Trinajstić information content (AvgIpc) is 3.56. The van der Waals surface area contributed by atoms with Gasteiger partial charge in [-0.05, 0) is 58.5 Å². The van der Waals surface area contributed by atoms with Crippen molar-refractivity contribution in [3.05, 3.63) is 74.8 Å². The van der Waals surface area contributed by atoms with Gasteiger partial charge in [-0.15, -0.1) is 10.2 Å². The van der Waals surface area contributed by atoms with Crippen LogP contribution in [0.3, 0.4) is 0 Å². The third-order valence-electron chi connectivity index (χ3n) is 5.28. The number of hydroxylamine groups is 1. The van der Waals surface area contributed by atoms with Crippen LogP contribution in [0.15, 0.2) is 62.6 Å². The predicted molar refractivity (Wildman–Crippen MR) is 146 cm³/mol. The van der Waals surface area contributed by atoms with Gasteiger partial charge in [-0.3, -0.25) is 20.5 Å². The van der Waals surface area contributed by atoms with Crippen LogP contribution in [0.4, 0.5) is 10.9 Å². The van der Waals surface area contributed by atoms with E-state index in [4.69, 9.17) is 4.63 Å². The van der Waals surface area contributed by atoms with Crippen LogP contribution < -0.4 is 16.1 Å². The van der Waals surface area contributed by atoms with E-state index in [0.717, 1.165) is 20.6 Å². The molecule has 5 N–H and O–H groups in total. The van der Waals surface area contributed by atoms with Gasteiger partial charge in [0.05, 0.1) is 6.42 Å². The maximum absolute atomic E-state index is 12.2. The van der Waals surface area contributed by atoms with Gasteiger partial charge in [-0.1, -0.05) is 51.5 Å². The minimum absolute atomic E-state index is 0.152. The number of nitrogens with zero attached hydrogens (tertiary/aromatic N) is 5. The molecule has 0 bridgehead atoms. The second kappa shape index (κ2) is 13.6. The van der Waals surface area contributed by atoms with Crippen LogP contribution in [0.25, 0.3) is 0 Å². The average molecular weight is 601 g/mol. The van der Waals surface area contributed by atoms with Gasteiger partial charge in [0.2, 0.25) is 16.9 Å². The molecule has 0 aliphatic rings. The number of rotatable bonds is 12. The number of hydrogen-bond donors (Lipinski definition) is 5. The summed E-state index contributed by atoms with van der Waals surface area (Å²) in [6.07, 6.45) is 2.19. The van der Waals surface area contributed by atoms with Crippen LogP contribution in [0.2, 0.25) is 0 Å². The number of hydrogen-bond acceptors (Lipinski definition) is 11. The molecular weight excluding hydrogens is 576 g/mol. The summed E-state index contributed by atoms with van der Waals surface area (Å²) >= 11 is 4.72. The summed E-state index contributed by atoms with van der Waals surface area (Å²) in [7, 11) is 0. The summed E-state index contributed by atoms with van der Waals surface area (Å²) in [6, 6.07) is 14.4. The fourth-order valence-corrected chi connectivity index (χ4v) is 4.45. The Balaban J connectivity index is 1.21. The molecule has 38 heavy (non-hydrogen) atoms. The highest BCUT2D eigenvalue weighted by molar-refractivity contribution is 9.10. The Labute approximate surface area is 230 Å². The molecule has 2 aromatic heterocycles. The number of anilines is 2. The number of carbonyl (C=O) groups is 1. The molecule has 0 fully saturated rings. The van der Waals surface area contributed by atoms with E-state index in [0.29, 0.717) is 43.3 Å². The van der Waals surface area contributed by atoms with Gasteiger partial charge in [0.1, 0.15) is 10.8 Å². The monoisotopic (exact) mass is 600 g/mol. The second-order valence-electron chi connectivity index (χ2n) is 8.10. The van der Waals surface area contributed by atoms with Crippen molar-refractivity contribution in [1.82, 2.24) is 26.0 Å². The normalized spacial score (nSPS) is 11.4. The highest BCUT2D eigenvalue weighted by Gasteiger charge is 2.16. The highest BCUT2D eigenvalue weighted by Crippen LogP contribution is 2.18. The van der Waals surface area contributed by atoms with E-state index in [1.807, 2.05) is 24.3 Å². The molecule has 0 saturated carbocycles. The number of aryl methyl sites for hydroxylation is 1. The van der Waals surface area contributed by atoms with Crippen molar-refractivity contribution >= 4 is 50.0 Å². The molecule has 14 heteroatoms. The van der Waals surface area contributed by atoms with E-state index in [9.17, 15) is 15.1 Å². The number of aliphatic imine (C=N–C) groups is 1. The Morgan fingerprint density at radius 1 is 1.03 bits per heavy atom. The lowest BCUT2D eigenvalue weighted by molar-refractivity contribution is -0.115. The maximum atomic E-state index is 12.2. The van der Waals surface area contributed by atoms with Crippen LogP contribution >= 0.6 is 27.3 Å². The summed E-state index contributed by atoms with van der Waals surface area (Å²) in [4.78, 5) is 16.6. The number of benzene rings is 2. The van der Waals surface area contributed by atoms with Gasteiger partial charge < -0.3 is 15.7 Å². The van der Waals surface area contributed by atoms with Gasteiger partial charge in [0, 0.05) is 24.0 Å². The van der Waals surface area contributed by atoms with Crippen molar-refractivity contribution in [3.8, 4) is 5.75 Å². The Morgan fingerprint density at radius 3 is 2.55 bits per heavy atom. The highest BCUT2D eigenvalue weighted by atomic mass is 79.9. The smallest absolute Gasteiger partial charge is 0.230 e. The molecule has 4 rings (SSSR count). The molecule has 0 atom stereocenters. The van der Waals surface area contributed by atoms with E-state index < -0.39 is 0 Å². The SMILES string of the molecule is O=C(Cc1ccc(O)cc1)Nc1nnc(CCCNc2nonc2C(=NCCc2ccc(Br)cc2)NO)s1. The van der Waals surface area contributed by atoms with Crippen LogP contribution in [0.5, 0.6) is 5.75 Å². The fraction of sp³-hybridized carbons (Fsp3) is 0.250. The molecule has 12 nitrogen and oxygen atoms in total. The first kappa shape index (κ1) is 27.2. The Hall–Kier alpha value is -3.88. The quantitative estimate of drug-likeness (QED) is 0.0700. The minimum atomic E-state index is -0.210. The van der Waals surface area contributed by atoms with E-state index in [1.165, 1.54) is 23.5 Å². The molecule has 1 amide bonds. The standard InChI is InChI=1S/C24H25BrN8O4S/c25-17-7-3-15(4-8-17)11-13-27-22(31-36)21-23(33-37-32-21)26-12-1-2-20-29-30-24(38-20)28-19(35)14-16-5-9-18(34)10-6-16/h3-10,34,36H,1-2,11-14H2,(H,26,33)(H,27,31)(H,28,30,35). The van der Waals surface area contributed by atoms with Gasteiger partial charge >= 0.3 is 0 Å².